The first-order valence-corrected chi connectivity index (χ1v) is 3.90. The van der Waals surface area contributed by atoms with Crippen LogP contribution in [-0.4, -0.2) is 16.3 Å². The molecule has 0 aliphatic heterocycles. The summed E-state index contributed by atoms with van der Waals surface area (Å²) in [4.78, 5) is 0. The number of hydrogen-bond donors (Lipinski definition) is 1. The molecule has 0 bridgehead atoms. The van der Waals surface area contributed by atoms with Gasteiger partial charge >= 0.3 is 0 Å². The van der Waals surface area contributed by atoms with Gasteiger partial charge in [-0.05, 0) is 24.4 Å². The smallest absolute Gasteiger partial charge is 0.0521 e. The second-order valence-electron chi connectivity index (χ2n) is 3.07. The van der Waals surface area contributed by atoms with E-state index in [-0.39, 0.29) is 0 Å². The number of nitrogens with zero attached hydrogens (tertiary/aromatic N) is 2. The number of aryl methyl sites for hydroxylation is 1. The third-order valence-electron chi connectivity index (χ3n) is 1.74. The standard InChI is InChI=1S/C8H15N3/c1-7(4-9)3-8-5-10-11(2)6-8/h5-7H,3-4,9H2,1-2H3. The highest BCUT2D eigenvalue weighted by Crippen LogP contribution is 2.04. The first-order chi connectivity index (χ1) is 5.22. The van der Waals surface area contributed by atoms with Crippen LogP contribution in [-0.2, 0) is 13.5 Å². The van der Waals surface area contributed by atoms with Gasteiger partial charge in [0, 0.05) is 13.2 Å². The van der Waals surface area contributed by atoms with Crippen molar-refractivity contribution in [3.8, 4) is 0 Å². The van der Waals surface area contributed by atoms with Crippen LogP contribution in [0.15, 0.2) is 12.4 Å². The molecule has 0 spiro atoms. The van der Waals surface area contributed by atoms with Gasteiger partial charge in [-0.15, -0.1) is 0 Å². The van der Waals surface area contributed by atoms with E-state index in [0.29, 0.717) is 5.92 Å². The zero-order valence-corrected chi connectivity index (χ0v) is 7.12. The van der Waals surface area contributed by atoms with Gasteiger partial charge in [-0.3, -0.25) is 4.68 Å². The Hall–Kier alpha value is -0.830. The van der Waals surface area contributed by atoms with Crippen LogP contribution in [0.1, 0.15) is 12.5 Å². The molecule has 0 aliphatic carbocycles. The molecule has 3 heteroatoms. The number of nitrogens with two attached hydrogens (primary N) is 1. The predicted molar refractivity (Wildman–Crippen MR) is 45.1 cm³/mol. The topological polar surface area (TPSA) is 43.8 Å². The molecule has 0 saturated carbocycles. The third kappa shape index (κ3) is 2.35. The number of rotatable bonds is 3. The molecule has 1 atom stereocenters. The Morgan fingerprint density at radius 3 is 2.91 bits per heavy atom. The van der Waals surface area contributed by atoms with Crippen molar-refractivity contribution in [1.82, 2.24) is 9.78 Å². The zero-order chi connectivity index (χ0) is 8.27. The van der Waals surface area contributed by atoms with E-state index in [1.165, 1.54) is 5.56 Å². The summed E-state index contributed by atoms with van der Waals surface area (Å²) in [5.74, 6) is 0.555. The molecular weight excluding hydrogens is 138 g/mol. The van der Waals surface area contributed by atoms with Gasteiger partial charge in [-0.2, -0.15) is 5.10 Å². The molecule has 0 radical (unpaired) electrons. The molecule has 0 aromatic carbocycles. The summed E-state index contributed by atoms with van der Waals surface area (Å²) in [6.45, 7) is 2.89. The van der Waals surface area contributed by atoms with Crippen LogP contribution in [0.5, 0.6) is 0 Å². The zero-order valence-electron chi connectivity index (χ0n) is 7.12. The van der Waals surface area contributed by atoms with E-state index in [9.17, 15) is 0 Å². The number of aromatic nitrogens is 2. The maximum Gasteiger partial charge on any atom is 0.0521 e. The fourth-order valence-electron chi connectivity index (χ4n) is 1.06. The van der Waals surface area contributed by atoms with Crippen LogP contribution < -0.4 is 5.73 Å². The van der Waals surface area contributed by atoms with Gasteiger partial charge in [0.2, 0.25) is 0 Å². The summed E-state index contributed by atoms with van der Waals surface area (Å²) in [6, 6.07) is 0. The lowest BCUT2D eigenvalue weighted by Crippen LogP contribution is -2.12. The average Bonchev–Trinajstić information content (AvgIpc) is 2.35. The van der Waals surface area contributed by atoms with Crippen LogP contribution in [0.2, 0.25) is 0 Å². The first-order valence-electron chi connectivity index (χ1n) is 3.90. The second kappa shape index (κ2) is 3.53. The molecule has 0 amide bonds. The van der Waals surface area contributed by atoms with Crippen LogP contribution in [0.4, 0.5) is 0 Å². The van der Waals surface area contributed by atoms with E-state index >= 15 is 0 Å². The normalized spacial score (nSPS) is 13.4. The Morgan fingerprint density at radius 1 is 1.73 bits per heavy atom. The van der Waals surface area contributed by atoms with Crippen molar-refractivity contribution < 1.29 is 0 Å². The van der Waals surface area contributed by atoms with Gasteiger partial charge in [0.1, 0.15) is 0 Å². The molecule has 0 aliphatic rings. The van der Waals surface area contributed by atoms with Crippen LogP contribution in [0, 0.1) is 5.92 Å². The predicted octanol–water partition coefficient (Wildman–Crippen LogP) is 0.557. The highest BCUT2D eigenvalue weighted by molar-refractivity contribution is 5.04. The third-order valence-corrected chi connectivity index (χ3v) is 1.74. The van der Waals surface area contributed by atoms with Gasteiger partial charge in [0.25, 0.3) is 0 Å². The van der Waals surface area contributed by atoms with E-state index in [4.69, 9.17) is 5.73 Å². The molecule has 11 heavy (non-hydrogen) atoms. The van der Waals surface area contributed by atoms with E-state index in [0.717, 1.165) is 13.0 Å². The minimum absolute atomic E-state index is 0.555. The summed E-state index contributed by atoms with van der Waals surface area (Å²) in [6.07, 6.45) is 4.96. The maximum absolute atomic E-state index is 5.50. The minimum Gasteiger partial charge on any atom is -0.330 e. The van der Waals surface area contributed by atoms with Crippen molar-refractivity contribution >= 4 is 0 Å². The average molecular weight is 153 g/mol. The monoisotopic (exact) mass is 153 g/mol. The van der Waals surface area contributed by atoms with Gasteiger partial charge in [-0.25, -0.2) is 0 Å². The summed E-state index contributed by atoms with van der Waals surface area (Å²) in [7, 11) is 1.93. The molecule has 3 nitrogen and oxygen atoms in total. The van der Waals surface area contributed by atoms with Gasteiger partial charge in [-0.1, -0.05) is 6.92 Å². The summed E-state index contributed by atoms with van der Waals surface area (Å²) < 4.78 is 1.82. The van der Waals surface area contributed by atoms with Crippen LogP contribution in [0.3, 0.4) is 0 Å². The second-order valence-corrected chi connectivity index (χ2v) is 3.07. The van der Waals surface area contributed by atoms with Gasteiger partial charge in [0.05, 0.1) is 6.20 Å². The van der Waals surface area contributed by atoms with Crippen molar-refractivity contribution in [1.29, 1.82) is 0 Å². The minimum atomic E-state index is 0.555. The molecule has 62 valence electrons. The van der Waals surface area contributed by atoms with Crippen molar-refractivity contribution in [3.63, 3.8) is 0 Å². The molecule has 1 rings (SSSR count). The van der Waals surface area contributed by atoms with Gasteiger partial charge in [0.15, 0.2) is 0 Å². The van der Waals surface area contributed by atoms with Crippen molar-refractivity contribution in [2.75, 3.05) is 6.54 Å². The SMILES string of the molecule is CC(CN)Cc1cnn(C)c1. The molecule has 1 unspecified atom stereocenters. The van der Waals surface area contributed by atoms with E-state index in [2.05, 4.69) is 12.0 Å². The van der Waals surface area contributed by atoms with E-state index in [1.54, 1.807) is 0 Å². The Bertz CT molecular complexity index is 217. The van der Waals surface area contributed by atoms with E-state index < -0.39 is 0 Å². The highest BCUT2D eigenvalue weighted by Gasteiger charge is 2.01. The first kappa shape index (κ1) is 8.27. The Morgan fingerprint density at radius 2 is 2.45 bits per heavy atom. The molecule has 1 heterocycles. The molecule has 0 fully saturated rings. The molecule has 2 N–H and O–H groups in total. The maximum atomic E-state index is 5.50. The van der Waals surface area contributed by atoms with Crippen molar-refractivity contribution in [2.24, 2.45) is 18.7 Å². The van der Waals surface area contributed by atoms with Gasteiger partial charge < -0.3 is 5.73 Å². The molecule has 0 saturated heterocycles. The Kier molecular flexibility index (Phi) is 2.65. The quantitative estimate of drug-likeness (QED) is 0.689. The van der Waals surface area contributed by atoms with Crippen LogP contribution in [0.25, 0.3) is 0 Å². The fourth-order valence-corrected chi connectivity index (χ4v) is 1.06. The Labute approximate surface area is 67.2 Å². The van der Waals surface area contributed by atoms with Crippen LogP contribution >= 0.6 is 0 Å². The lowest BCUT2D eigenvalue weighted by molar-refractivity contribution is 0.592. The largest absolute Gasteiger partial charge is 0.330 e. The summed E-state index contributed by atoms with van der Waals surface area (Å²) >= 11 is 0. The molecular formula is C8H15N3. The Balaban J connectivity index is 2.50. The van der Waals surface area contributed by atoms with Crippen molar-refractivity contribution in [2.45, 2.75) is 13.3 Å². The summed E-state index contributed by atoms with van der Waals surface area (Å²) in [5.41, 5.74) is 6.77. The van der Waals surface area contributed by atoms with E-state index in [1.807, 2.05) is 24.1 Å². The highest BCUT2D eigenvalue weighted by atomic mass is 15.2. The lowest BCUT2D eigenvalue weighted by atomic mass is 10.0. The summed E-state index contributed by atoms with van der Waals surface area (Å²) in [5, 5.41) is 4.08. The number of hydrogen-bond acceptors (Lipinski definition) is 2. The molecule has 1 aromatic heterocycles. The lowest BCUT2D eigenvalue weighted by Gasteiger charge is -2.04. The molecule has 1 aromatic rings. The van der Waals surface area contributed by atoms with Crippen molar-refractivity contribution in [3.05, 3.63) is 18.0 Å². The fraction of sp³-hybridized carbons (Fsp3) is 0.625.